The largest absolute Gasteiger partial charge is 0.481 e. The molecule has 8 nitrogen and oxygen atoms in total. The number of anilines is 1. The molecule has 1 aromatic rings. The van der Waals surface area contributed by atoms with Gasteiger partial charge in [0.25, 0.3) is 0 Å². The first-order valence-electron chi connectivity index (χ1n) is 12.7. The number of carbonyl (C=O) groups is 1. The molecule has 35 heavy (non-hydrogen) atoms. The summed E-state index contributed by atoms with van der Waals surface area (Å²) in [5.74, 6) is 0.888. The highest BCUT2D eigenvalue weighted by Crippen LogP contribution is 2.61. The van der Waals surface area contributed by atoms with E-state index in [0.717, 1.165) is 51.1 Å². The number of aliphatic imine (C=N–C) groups is 1. The Bertz CT molecular complexity index is 1100. The molecule has 8 heteroatoms. The van der Waals surface area contributed by atoms with Crippen LogP contribution in [0.1, 0.15) is 51.0 Å². The summed E-state index contributed by atoms with van der Waals surface area (Å²) < 4.78 is 0. The molecule has 6 rings (SSSR count). The van der Waals surface area contributed by atoms with Gasteiger partial charge in [0, 0.05) is 26.2 Å². The molecular formula is C27H34N6O2. The number of carboxylic acid groups (broad SMARTS) is 1. The number of hydrogen-bond acceptors (Lipinski definition) is 6. The monoisotopic (exact) mass is 474 g/mol. The van der Waals surface area contributed by atoms with E-state index < -0.39 is 16.9 Å². The van der Waals surface area contributed by atoms with Crippen molar-refractivity contribution in [3.05, 3.63) is 29.8 Å². The van der Waals surface area contributed by atoms with Gasteiger partial charge in [0.1, 0.15) is 11.9 Å². The van der Waals surface area contributed by atoms with Gasteiger partial charge in [-0.05, 0) is 68.9 Å². The van der Waals surface area contributed by atoms with Gasteiger partial charge in [-0.3, -0.25) is 14.7 Å². The minimum atomic E-state index is -0.672. The third kappa shape index (κ3) is 3.94. The molecule has 0 aromatic heterocycles. The Morgan fingerprint density at radius 1 is 1.17 bits per heavy atom. The van der Waals surface area contributed by atoms with Crippen molar-refractivity contribution in [2.45, 2.75) is 57.0 Å². The fraction of sp³-hybridized carbons (Fsp3) is 0.630. The Balaban J connectivity index is 1.34. The van der Waals surface area contributed by atoms with Crippen LogP contribution in [0.3, 0.4) is 0 Å². The van der Waals surface area contributed by atoms with Crippen LogP contribution in [0, 0.1) is 45.8 Å². The van der Waals surface area contributed by atoms with Gasteiger partial charge in [0.15, 0.2) is 0 Å². The highest BCUT2D eigenvalue weighted by molar-refractivity contribution is 5.90. The van der Waals surface area contributed by atoms with Crippen molar-refractivity contribution in [1.82, 2.24) is 4.90 Å². The van der Waals surface area contributed by atoms with Crippen LogP contribution in [0.2, 0.25) is 0 Å². The molecule has 0 spiro atoms. The molecule has 5 fully saturated rings. The Kier molecular flexibility index (Phi) is 5.97. The summed E-state index contributed by atoms with van der Waals surface area (Å²) >= 11 is 0. The van der Waals surface area contributed by atoms with Gasteiger partial charge >= 0.3 is 5.97 Å². The van der Waals surface area contributed by atoms with Gasteiger partial charge < -0.3 is 15.7 Å². The molecule has 0 radical (unpaired) electrons. The first kappa shape index (κ1) is 23.6. The highest BCUT2D eigenvalue weighted by Gasteiger charge is 2.59. The number of nitrogens with two attached hydrogens (primary N) is 1. The zero-order valence-corrected chi connectivity index (χ0v) is 20.4. The van der Waals surface area contributed by atoms with Crippen LogP contribution in [0.25, 0.3) is 0 Å². The molecule has 1 saturated heterocycles. The zero-order valence-electron chi connectivity index (χ0n) is 20.4. The first-order valence-corrected chi connectivity index (χ1v) is 12.7. The molecule has 4 saturated carbocycles. The average molecular weight is 475 g/mol. The molecule has 4 bridgehead atoms. The molecule has 1 heterocycles. The molecule has 0 amide bonds. The Morgan fingerprint density at radius 3 is 2.43 bits per heavy atom. The molecule has 3 N–H and O–H groups in total. The molecule has 1 aromatic carbocycles. The lowest BCUT2D eigenvalue weighted by Gasteiger charge is -2.57. The van der Waals surface area contributed by atoms with E-state index in [1.54, 1.807) is 0 Å². The second kappa shape index (κ2) is 8.84. The van der Waals surface area contributed by atoms with E-state index in [1.807, 2.05) is 31.2 Å². The van der Waals surface area contributed by atoms with E-state index in [1.165, 1.54) is 0 Å². The maximum atomic E-state index is 12.1. The van der Waals surface area contributed by atoms with Gasteiger partial charge in [-0.1, -0.05) is 12.1 Å². The zero-order chi connectivity index (χ0) is 24.8. The molecule has 5 aliphatic rings. The summed E-state index contributed by atoms with van der Waals surface area (Å²) in [7, 11) is 0. The van der Waals surface area contributed by atoms with Gasteiger partial charge in [-0.15, -0.1) is 0 Å². The second-order valence-corrected chi connectivity index (χ2v) is 11.3. The third-order valence-corrected chi connectivity index (χ3v) is 9.28. The maximum Gasteiger partial charge on any atom is 0.309 e. The van der Waals surface area contributed by atoms with Crippen molar-refractivity contribution in [1.29, 1.82) is 10.5 Å². The number of rotatable bonds is 6. The van der Waals surface area contributed by atoms with Crippen LogP contribution in [-0.4, -0.2) is 59.6 Å². The fourth-order valence-corrected chi connectivity index (χ4v) is 7.57. The molecule has 3 unspecified atom stereocenters. The average Bonchev–Trinajstić information content (AvgIpc) is 2.85. The van der Waals surface area contributed by atoms with Crippen molar-refractivity contribution in [2.24, 2.45) is 33.9 Å². The van der Waals surface area contributed by atoms with Crippen molar-refractivity contribution in [2.75, 3.05) is 31.1 Å². The van der Waals surface area contributed by atoms with Gasteiger partial charge in [-0.25, -0.2) is 0 Å². The van der Waals surface area contributed by atoms with Gasteiger partial charge in [0.05, 0.1) is 40.7 Å². The van der Waals surface area contributed by atoms with Crippen molar-refractivity contribution in [3.8, 4) is 12.1 Å². The molecule has 4 aliphatic carbocycles. The number of amidine groups is 1. The summed E-state index contributed by atoms with van der Waals surface area (Å²) in [5, 5.41) is 29.1. The molecule has 184 valence electrons. The summed E-state index contributed by atoms with van der Waals surface area (Å²) in [6.07, 6.45) is 4.54. The van der Waals surface area contributed by atoms with E-state index in [2.05, 4.69) is 21.9 Å². The molecular weight excluding hydrogens is 440 g/mol. The number of nitrogens with zero attached hydrogens (tertiary/aromatic N) is 5. The SMILES string of the molecule is CC(CC#N)(C(N)=NC1C2CC3CC1CC(C(=O)O)(C3)C2)N1CCN(c2ccccc2C#N)CC1. The van der Waals surface area contributed by atoms with Crippen molar-refractivity contribution >= 4 is 17.5 Å². The summed E-state index contributed by atoms with van der Waals surface area (Å²) in [4.78, 5) is 21.6. The Labute approximate surface area is 207 Å². The predicted molar refractivity (Wildman–Crippen MR) is 133 cm³/mol. The van der Waals surface area contributed by atoms with Crippen LogP contribution in [0.15, 0.2) is 29.3 Å². The minimum Gasteiger partial charge on any atom is -0.481 e. The number of piperazine rings is 1. The number of carboxylic acids is 1. The number of para-hydroxylation sites is 1. The number of nitriles is 2. The van der Waals surface area contributed by atoms with E-state index in [4.69, 9.17) is 10.7 Å². The van der Waals surface area contributed by atoms with E-state index in [-0.39, 0.29) is 24.3 Å². The summed E-state index contributed by atoms with van der Waals surface area (Å²) in [6, 6.07) is 12.3. The number of hydrogen-bond donors (Lipinski definition) is 2. The van der Waals surface area contributed by atoms with Gasteiger partial charge in [-0.2, -0.15) is 10.5 Å². The predicted octanol–water partition coefficient (Wildman–Crippen LogP) is 2.99. The normalized spacial score (nSPS) is 34.1. The van der Waals surface area contributed by atoms with Crippen LogP contribution in [0.4, 0.5) is 5.69 Å². The number of benzene rings is 1. The lowest BCUT2D eigenvalue weighted by atomic mass is 9.48. The standard InChI is InChI=1S/C27H34N6O2/c1-26(6-7-28,33-10-8-32(9-11-33)22-5-3-2-4-19(22)17-29)24(30)31-23-20-12-18-13-21(23)16-27(14-18,15-20)25(34)35/h2-5,18,20-21,23H,6,8-16H2,1H3,(H2,30,31)(H,34,35). The van der Waals surface area contributed by atoms with Crippen LogP contribution in [-0.2, 0) is 4.79 Å². The van der Waals surface area contributed by atoms with E-state index in [9.17, 15) is 20.4 Å². The third-order valence-electron chi connectivity index (χ3n) is 9.28. The fourth-order valence-electron chi connectivity index (χ4n) is 7.57. The second-order valence-electron chi connectivity index (χ2n) is 11.3. The lowest BCUT2D eigenvalue weighted by molar-refractivity contribution is -0.166. The van der Waals surface area contributed by atoms with Crippen LogP contribution in [0.5, 0.6) is 0 Å². The molecule has 3 atom stereocenters. The Hall–Kier alpha value is -3.10. The highest BCUT2D eigenvalue weighted by atomic mass is 16.4. The minimum absolute atomic E-state index is 0.0563. The summed E-state index contributed by atoms with van der Waals surface area (Å²) in [6.45, 7) is 4.93. The smallest absolute Gasteiger partial charge is 0.309 e. The topological polar surface area (TPSA) is 130 Å². The Morgan fingerprint density at radius 2 is 1.83 bits per heavy atom. The van der Waals surface area contributed by atoms with E-state index >= 15 is 0 Å². The summed E-state index contributed by atoms with van der Waals surface area (Å²) in [5.41, 5.74) is 7.09. The lowest BCUT2D eigenvalue weighted by Crippen LogP contribution is -2.62. The van der Waals surface area contributed by atoms with Crippen LogP contribution < -0.4 is 10.6 Å². The number of aliphatic carboxylic acids is 1. The van der Waals surface area contributed by atoms with Crippen molar-refractivity contribution < 1.29 is 9.90 Å². The van der Waals surface area contributed by atoms with E-state index in [0.29, 0.717) is 30.2 Å². The maximum absolute atomic E-state index is 12.1. The molecule has 1 aliphatic heterocycles. The first-order chi connectivity index (χ1) is 16.8. The van der Waals surface area contributed by atoms with Gasteiger partial charge in [0.2, 0.25) is 0 Å². The van der Waals surface area contributed by atoms with Crippen molar-refractivity contribution in [3.63, 3.8) is 0 Å². The van der Waals surface area contributed by atoms with Crippen LogP contribution >= 0.6 is 0 Å². The quantitative estimate of drug-likeness (QED) is 0.479.